The Morgan fingerprint density at radius 3 is 2.57 bits per heavy atom. The Balaban J connectivity index is 2.15. The quantitative estimate of drug-likeness (QED) is 0.630. The summed E-state index contributed by atoms with van der Waals surface area (Å²) >= 11 is 0. The van der Waals surface area contributed by atoms with Crippen molar-refractivity contribution in [1.82, 2.24) is 4.98 Å². The van der Waals surface area contributed by atoms with Gasteiger partial charge in [-0.15, -0.1) is 0 Å². The number of nitrogens with two attached hydrogens (primary N) is 1. The lowest BCUT2D eigenvalue weighted by molar-refractivity contribution is 0.587. The van der Waals surface area contributed by atoms with E-state index in [1.807, 2.05) is 29.2 Å². The van der Waals surface area contributed by atoms with Crippen molar-refractivity contribution in [3.05, 3.63) is 36.0 Å². The minimum atomic E-state index is -2.95. The predicted molar refractivity (Wildman–Crippen MR) is 83.6 cm³/mol. The molecule has 1 saturated heterocycles. The van der Waals surface area contributed by atoms with E-state index >= 15 is 0 Å². The Kier molecular flexibility index (Phi) is 3.29. The van der Waals surface area contributed by atoms with E-state index in [4.69, 9.17) is 11.1 Å². The van der Waals surface area contributed by atoms with Crippen LogP contribution in [0.15, 0.2) is 30.5 Å². The number of aromatic nitrogens is 1. The molecule has 0 aliphatic carbocycles. The Bertz CT molecular complexity index is 803. The van der Waals surface area contributed by atoms with Gasteiger partial charge in [0.25, 0.3) is 0 Å². The number of anilines is 1. The fourth-order valence-electron chi connectivity index (χ4n) is 2.60. The van der Waals surface area contributed by atoms with Crippen LogP contribution in [0, 0.1) is 5.41 Å². The monoisotopic (exact) mass is 304 g/mol. The van der Waals surface area contributed by atoms with Gasteiger partial charge in [-0.2, -0.15) is 0 Å². The fourth-order valence-corrected chi connectivity index (χ4v) is 3.80. The second kappa shape index (κ2) is 5.00. The van der Waals surface area contributed by atoms with Gasteiger partial charge in [0.15, 0.2) is 9.84 Å². The number of fused-ring (bicyclic) bond motifs is 1. The smallest absolute Gasteiger partial charge is 0.153 e. The van der Waals surface area contributed by atoms with E-state index in [-0.39, 0.29) is 17.3 Å². The fraction of sp³-hybridized carbons (Fsp3) is 0.286. The molecule has 2 aromatic rings. The molecule has 1 aliphatic rings. The van der Waals surface area contributed by atoms with E-state index in [1.165, 1.54) is 0 Å². The lowest BCUT2D eigenvalue weighted by Crippen LogP contribution is -2.41. The summed E-state index contributed by atoms with van der Waals surface area (Å²) in [6, 6.07) is 7.61. The predicted octanol–water partition coefficient (Wildman–Crippen LogP) is 0.754. The first-order valence-corrected chi connectivity index (χ1v) is 8.47. The average molecular weight is 304 g/mol. The van der Waals surface area contributed by atoms with Crippen molar-refractivity contribution in [3.63, 3.8) is 0 Å². The third-order valence-electron chi connectivity index (χ3n) is 3.70. The molecule has 3 N–H and O–H groups in total. The van der Waals surface area contributed by atoms with Gasteiger partial charge in [-0.05, 0) is 6.07 Å². The first kappa shape index (κ1) is 13.8. The van der Waals surface area contributed by atoms with Crippen molar-refractivity contribution in [2.24, 2.45) is 5.73 Å². The highest BCUT2D eigenvalue weighted by Crippen LogP contribution is 2.30. The van der Waals surface area contributed by atoms with Gasteiger partial charge in [0.1, 0.15) is 5.84 Å². The van der Waals surface area contributed by atoms with Gasteiger partial charge in [0, 0.05) is 24.7 Å². The van der Waals surface area contributed by atoms with Crippen molar-refractivity contribution < 1.29 is 8.42 Å². The number of amidine groups is 1. The number of benzene rings is 1. The lowest BCUT2D eigenvalue weighted by Gasteiger charge is -2.31. The zero-order valence-corrected chi connectivity index (χ0v) is 12.2. The standard InChI is InChI=1S/C14H16N4O2S/c15-14(16)11-9-17-12-4-2-1-3-10(12)13(11)18-5-7-21(19,20)8-6-18/h1-4,9H,5-8H2,(H3,15,16). The number of pyridine rings is 1. The van der Waals surface area contributed by atoms with Crippen molar-refractivity contribution in [1.29, 1.82) is 5.41 Å². The normalized spacial score (nSPS) is 17.8. The third kappa shape index (κ3) is 2.56. The highest BCUT2D eigenvalue weighted by molar-refractivity contribution is 7.91. The largest absolute Gasteiger partial charge is 0.384 e. The van der Waals surface area contributed by atoms with Crippen LogP contribution in [0.4, 0.5) is 5.69 Å². The molecule has 0 radical (unpaired) electrons. The molecule has 0 bridgehead atoms. The van der Waals surface area contributed by atoms with Crippen molar-refractivity contribution in [2.75, 3.05) is 29.5 Å². The van der Waals surface area contributed by atoms with E-state index in [9.17, 15) is 8.42 Å². The molecule has 110 valence electrons. The third-order valence-corrected chi connectivity index (χ3v) is 5.31. The van der Waals surface area contributed by atoms with Crippen molar-refractivity contribution in [2.45, 2.75) is 0 Å². The molecule has 0 spiro atoms. The summed E-state index contributed by atoms with van der Waals surface area (Å²) in [6.07, 6.45) is 1.59. The van der Waals surface area contributed by atoms with E-state index in [0.29, 0.717) is 18.7 Å². The molecule has 0 unspecified atom stereocenters. The molecule has 6 nitrogen and oxygen atoms in total. The molecular weight excluding hydrogens is 288 g/mol. The Morgan fingerprint density at radius 1 is 1.24 bits per heavy atom. The van der Waals surface area contributed by atoms with Crippen molar-refractivity contribution in [3.8, 4) is 0 Å². The molecule has 0 atom stereocenters. The highest BCUT2D eigenvalue weighted by atomic mass is 32.2. The van der Waals surface area contributed by atoms with Crippen LogP contribution in [0.25, 0.3) is 10.9 Å². The SMILES string of the molecule is N=C(N)c1cnc2ccccc2c1N1CCS(=O)(=O)CC1. The Labute approximate surface area is 123 Å². The number of hydrogen-bond acceptors (Lipinski definition) is 5. The van der Waals surface area contributed by atoms with Gasteiger partial charge in [-0.3, -0.25) is 10.4 Å². The maximum absolute atomic E-state index is 11.6. The summed E-state index contributed by atoms with van der Waals surface area (Å²) in [5, 5.41) is 8.63. The van der Waals surface area contributed by atoms with Crippen LogP contribution in [0.5, 0.6) is 0 Å². The number of rotatable bonds is 2. The van der Waals surface area contributed by atoms with Gasteiger partial charge in [-0.25, -0.2) is 8.42 Å². The van der Waals surface area contributed by atoms with Crippen LogP contribution in [-0.4, -0.2) is 43.8 Å². The molecule has 2 heterocycles. The minimum absolute atomic E-state index is 0.0586. The van der Waals surface area contributed by atoms with Crippen LogP contribution < -0.4 is 10.6 Å². The molecule has 21 heavy (non-hydrogen) atoms. The Hall–Kier alpha value is -2.15. The van der Waals surface area contributed by atoms with Gasteiger partial charge in [0.05, 0.1) is 28.3 Å². The number of nitrogens with one attached hydrogen (secondary N) is 1. The zero-order valence-electron chi connectivity index (χ0n) is 11.4. The number of nitrogen functional groups attached to an aromatic ring is 1. The summed E-state index contributed by atoms with van der Waals surface area (Å²) < 4.78 is 23.2. The van der Waals surface area contributed by atoms with Gasteiger partial charge >= 0.3 is 0 Å². The maximum atomic E-state index is 11.6. The number of nitrogens with zero attached hydrogens (tertiary/aromatic N) is 2. The van der Waals surface area contributed by atoms with Gasteiger partial charge in [0.2, 0.25) is 0 Å². The van der Waals surface area contributed by atoms with Crippen LogP contribution in [0.1, 0.15) is 5.56 Å². The van der Waals surface area contributed by atoms with Crippen LogP contribution >= 0.6 is 0 Å². The minimum Gasteiger partial charge on any atom is -0.384 e. The molecule has 7 heteroatoms. The van der Waals surface area contributed by atoms with E-state index < -0.39 is 9.84 Å². The van der Waals surface area contributed by atoms with Crippen LogP contribution in [0.2, 0.25) is 0 Å². The molecule has 0 saturated carbocycles. The molecule has 1 fully saturated rings. The number of hydrogen-bond donors (Lipinski definition) is 2. The summed E-state index contributed by atoms with van der Waals surface area (Å²) in [6.45, 7) is 0.827. The molecule has 1 aliphatic heterocycles. The highest BCUT2D eigenvalue weighted by Gasteiger charge is 2.25. The van der Waals surface area contributed by atoms with E-state index in [1.54, 1.807) is 6.20 Å². The maximum Gasteiger partial charge on any atom is 0.153 e. The molecule has 3 rings (SSSR count). The summed E-state index contributed by atoms with van der Waals surface area (Å²) in [5.41, 5.74) is 7.83. The van der Waals surface area contributed by atoms with E-state index in [2.05, 4.69) is 4.98 Å². The van der Waals surface area contributed by atoms with Gasteiger partial charge < -0.3 is 10.6 Å². The van der Waals surface area contributed by atoms with Gasteiger partial charge in [-0.1, -0.05) is 18.2 Å². The molecule has 0 amide bonds. The summed E-state index contributed by atoms with van der Waals surface area (Å²) in [4.78, 5) is 6.31. The second-order valence-electron chi connectivity index (χ2n) is 5.09. The first-order chi connectivity index (χ1) is 9.98. The van der Waals surface area contributed by atoms with Crippen LogP contribution in [-0.2, 0) is 9.84 Å². The molecule has 1 aromatic heterocycles. The summed E-state index contributed by atoms with van der Waals surface area (Å²) in [5.74, 6) is 0.193. The molecule has 1 aromatic carbocycles. The van der Waals surface area contributed by atoms with Crippen molar-refractivity contribution >= 4 is 32.3 Å². The zero-order chi connectivity index (χ0) is 15.0. The lowest BCUT2D eigenvalue weighted by atomic mass is 10.1. The van der Waals surface area contributed by atoms with E-state index in [0.717, 1.165) is 16.6 Å². The number of para-hydroxylation sites is 1. The molecular formula is C14H16N4O2S. The Morgan fingerprint density at radius 2 is 1.90 bits per heavy atom. The van der Waals surface area contributed by atoms with Crippen LogP contribution in [0.3, 0.4) is 0 Å². The first-order valence-electron chi connectivity index (χ1n) is 6.65. The average Bonchev–Trinajstić information content (AvgIpc) is 2.46. The summed E-state index contributed by atoms with van der Waals surface area (Å²) in [7, 11) is -2.95. The second-order valence-corrected chi connectivity index (χ2v) is 7.39. The number of sulfone groups is 1. The topological polar surface area (TPSA) is 100 Å².